The predicted molar refractivity (Wildman–Crippen MR) is 111 cm³/mol. The largest absolute Gasteiger partial charge is 0.396 e. The smallest absolute Gasteiger partial charge is 0.253 e. The second-order valence-electron chi connectivity index (χ2n) is 6.18. The van der Waals surface area contributed by atoms with E-state index in [0.717, 1.165) is 22.0 Å². The van der Waals surface area contributed by atoms with E-state index in [4.69, 9.17) is 34.7 Å². The molecule has 0 saturated carbocycles. The number of nitrogens with one attached hydrogen (secondary N) is 1. The summed E-state index contributed by atoms with van der Waals surface area (Å²) in [6, 6.07) is 11.3. The van der Waals surface area contributed by atoms with Gasteiger partial charge in [0.2, 0.25) is 0 Å². The Morgan fingerprint density at radius 3 is 2.59 bits per heavy atom. The maximum atomic E-state index is 12.3. The third-order valence-corrected chi connectivity index (χ3v) is 4.80. The van der Waals surface area contributed by atoms with Crippen LogP contribution in [-0.4, -0.2) is 16.4 Å². The first-order valence-corrected chi connectivity index (χ1v) is 8.98. The zero-order chi connectivity index (χ0) is 19.6. The van der Waals surface area contributed by atoms with Crippen molar-refractivity contribution in [3.05, 3.63) is 63.8 Å². The van der Waals surface area contributed by atoms with Crippen molar-refractivity contribution in [2.75, 3.05) is 5.73 Å². The lowest BCUT2D eigenvalue weighted by Crippen LogP contribution is -2.32. The summed E-state index contributed by atoms with van der Waals surface area (Å²) in [6.45, 7) is 0.316. The molecule has 1 heterocycles. The molecular formula is C19H19Cl2N5O. The molecule has 6 nitrogen and oxygen atoms in total. The van der Waals surface area contributed by atoms with Crippen LogP contribution >= 0.6 is 23.2 Å². The summed E-state index contributed by atoms with van der Waals surface area (Å²) in [5, 5.41) is 4.63. The second kappa shape index (κ2) is 7.90. The topological polar surface area (TPSA) is 98.4 Å². The van der Waals surface area contributed by atoms with Gasteiger partial charge in [-0.2, -0.15) is 4.99 Å². The van der Waals surface area contributed by atoms with Gasteiger partial charge in [0.05, 0.1) is 22.2 Å². The molecule has 27 heavy (non-hydrogen) atoms. The van der Waals surface area contributed by atoms with Crippen molar-refractivity contribution in [2.45, 2.75) is 13.0 Å². The number of carbonyl (C=O) groups is 1. The monoisotopic (exact) mass is 403 g/mol. The van der Waals surface area contributed by atoms with E-state index >= 15 is 0 Å². The summed E-state index contributed by atoms with van der Waals surface area (Å²) in [7, 11) is 1.94. The van der Waals surface area contributed by atoms with E-state index < -0.39 is 0 Å². The van der Waals surface area contributed by atoms with E-state index in [1.165, 1.54) is 0 Å². The van der Waals surface area contributed by atoms with Crippen LogP contribution in [0.2, 0.25) is 10.0 Å². The van der Waals surface area contributed by atoms with Crippen LogP contribution in [0.5, 0.6) is 0 Å². The van der Waals surface area contributed by atoms with Crippen LogP contribution < -0.4 is 16.8 Å². The van der Waals surface area contributed by atoms with Crippen molar-refractivity contribution in [3.63, 3.8) is 0 Å². The maximum absolute atomic E-state index is 12.3. The van der Waals surface area contributed by atoms with Gasteiger partial charge in [0.1, 0.15) is 0 Å². The van der Waals surface area contributed by atoms with Crippen molar-refractivity contribution < 1.29 is 4.79 Å². The number of hydrogen-bond acceptors (Lipinski definition) is 2. The summed E-state index contributed by atoms with van der Waals surface area (Å²) in [6.07, 6.45) is 2.10. The molecule has 0 fully saturated rings. The van der Waals surface area contributed by atoms with Crippen molar-refractivity contribution in [3.8, 4) is 0 Å². The van der Waals surface area contributed by atoms with Crippen LogP contribution in [0, 0.1) is 0 Å². The number of nitrogens with zero attached hydrogens (tertiary/aromatic N) is 2. The lowest BCUT2D eigenvalue weighted by Gasteiger charge is -2.08. The van der Waals surface area contributed by atoms with E-state index in [2.05, 4.69) is 10.3 Å². The van der Waals surface area contributed by atoms with E-state index in [-0.39, 0.29) is 18.3 Å². The molecule has 8 heteroatoms. The molecule has 0 aliphatic heterocycles. The van der Waals surface area contributed by atoms with Crippen LogP contribution in [0.1, 0.15) is 11.1 Å². The minimum Gasteiger partial charge on any atom is -0.396 e. The molecule has 1 amide bonds. The maximum Gasteiger partial charge on any atom is 0.253 e. The molecule has 0 atom stereocenters. The minimum absolute atomic E-state index is 0.0318. The standard InChI is InChI=1S/C19H19Cl2N5O/c1-26-10-12(13-4-2-3-5-16(13)26)8-17(27)25-19(23)24-9-11-6-14(20)18(22)15(21)7-11/h2-7,10H,8-9,22H2,1H3,(H3,23,24,25,27). The molecule has 3 aromatic rings. The molecule has 0 aliphatic carbocycles. The first-order valence-electron chi connectivity index (χ1n) is 8.22. The van der Waals surface area contributed by atoms with Gasteiger partial charge < -0.3 is 21.4 Å². The number of benzene rings is 2. The molecule has 0 radical (unpaired) electrons. The van der Waals surface area contributed by atoms with E-state index in [0.29, 0.717) is 22.3 Å². The Hall–Kier alpha value is -2.70. The number of carbonyl (C=O) groups excluding carboxylic acids is 1. The number of anilines is 1. The van der Waals surface area contributed by atoms with Crippen molar-refractivity contribution in [1.82, 2.24) is 9.88 Å². The second-order valence-corrected chi connectivity index (χ2v) is 6.99. The molecule has 0 aliphatic rings. The van der Waals surface area contributed by atoms with E-state index in [9.17, 15) is 4.79 Å². The highest BCUT2D eigenvalue weighted by atomic mass is 35.5. The molecule has 0 bridgehead atoms. The fraction of sp³-hybridized carbons (Fsp3) is 0.158. The number of amides is 1. The molecule has 0 unspecified atom stereocenters. The van der Waals surface area contributed by atoms with Crippen LogP contribution in [0.15, 0.2) is 47.6 Å². The highest BCUT2D eigenvalue weighted by Gasteiger charge is 2.11. The molecule has 140 valence electrons. The Balaban J connectivity index is 1.66. The van der Waals surface area contributed by atoms with E-state index in [1.54, 1.807) is 12.1 Å². The number of rotatable bonds is 4. The predicted octanol–water partition coefficient (Wildman–Crippen LogP) is 3.24. The Morgan fingerprint density at radius 2 is 1.89 bits per heavy atom. The summed E-state index contributed by atoms with van der Waals surface area (Å²) in [5.41, 5.74) is 14.6. The number of guanidine groups is 1. The molecule has 0 saturated heterocycles. The Labute approximate surface area is 166 Å². The SMILES string of the molecule is Cn1cc(CC(=O)/N=C(/N)NCc2cc(Cl)c(N)c(Cl)c2)c2ccccc21. The highest BCUT2D eigenvalue weighted by molar-refractivity contribution is 6.38. The Bertz CT molecular complexity index is 1020. The number of fused-ring (bicyclic) bond motifs is 1. The van der Waals surface area contributed by atoms with Crippen molar-refractivity contribution in [2.24, 2.45) is 17.8 Å². The summed E-state index contributed by atoms with van der Waals surface area (Å²) < 4.78 is 1.98. The molecule has 1 aromatic heterocycles. The zero-order valence-electron chi connectivity index (χ0n) is 14.7. The minimum atomic E-state index is -0.329. The average Bonchev–Trinajstić information content (AvgIpc) is 2.93. The van der Waals surface area contributed by atoms with Gasteiger partial charge in [-0.1, -0.05) is 41.4 Å². The van der Waals surface area contributed by atoms with Crippen LogP contribution in [0.4, 0.5) is 5.69 Å². The molecular weight excluding hydrogens is 385 g/mol. The number of hydrogen-bond donors (Lipinski definition) is 3. The van der Waals surface area contributed by atoms with Crippen LogP contribution in [0.25, 0.3) is 10.9 Å². The number of aromatic nitrogens is 1. The van der Waals surface area contributed by atoms with Gasteiger partial charge in [-0.3, -0.25) is 4.79 Å². The third kappa shape index (κ3) is 4.35. The number of para-hydroxylation sites is 1. The molecule has 3 rings (SSSR count). The molecule has 2 aromatic carbocycles. The Kier molecular flexibility index (Phi) is 5.58. The summed E-state index contributed by atoms with van der Waals surface area (Å²) >= 11 is 12.0. The highest BCUT2D eigenvalue weighted by Crippen LogP contribution is 2.28. The van der Waals surface area contributed by atoms with Gasteiger partial charge in [-0.25, -0.2) is 0 Å². The van der Waals surface area contributed by atoms with E-state index in [1.807, 2.05) is 42.1 Å². The van der Waals surface area contributed by atoms with Gasteiger partial charge in [0.15, 0.2) is 5.96 Å². The lowest BCUT2D eigenvalue weighted by molar-refractivity contribution is -0.117. The van der Waals surface area contributed by atoms with Crippen LogP contribution in [-0.2, 0) is 24.8 Å². The zero-order valence-corrected chi connectivity index (χ0v) is 16.2. The number of aryl methyl sites for hydroxylation is 1. The number of halogens is 2. The number of nitrogens with two attached hydrogens (primary N) is 2. The fourth-order valence-electron chi connectivity index (χ4n) is 2.87. The van der Waals surface area contributed by atoms with Crippen molar-refractivity contribution in [1.29, 1.82) is 0 Å². The lowest BCUT2D eigenvalue weighted by atomic mass is 10.1. The van der Waals surface area contributed by atoms with Gasteiger partial charge in [0, 0.05) is 30.7 Å². The average molecular weight is 404 g/mol. The molecule has 0 spiro atoms. The first kappa shape index (κ1) is 19.1. The van der Waals surface area contributed by atoms with Gasteiger partial charge in [-0.05, 0) is 29.3 Å². The van der Waals surface area contributed by atoms with Gasteiger partial charge in [0.25, 0.3) is 5.91 Å². The first-order chi connectivity index (χ1) is 12.8. The van der Waals surface area contributed by atoms with Crippen LogP contribution in [0.3, 0.4) is 0 Å². The normalized spacial score (nSPS) is 11.7. The number of nitrogen functional groups attached to an aromatic ring is 1. The fourth-order valence-corrected chi connectivity index (χ4v) is 3.41. The van der Waals surface area contributed by atoms with Crippen molar-refractivity contribution >= 4 is 51.7 Å². The van der Waals surface area contributed by atoms with Gasteiger partial charge >= 0.3 is 0 Å². The molecule has 5 N–H and O–H groups in total. The number of aliphatic imine (C=N–C) groups is 1. The third-order valence-electron chi connectivity index (χ3n) is 4.18. The summed E-state index contributed by atoms with van der Waals surface area (Å²) in [4.78, 5) is 16.2. The summed E-state index contributed by atoms with van der Waals surface area (Å²) in [5.74, 6) is -0.297. The quantitative estimate of drug-likeness (QED) is 0.353. The Morgan fingerprint density at radius 1 is 1.22 bits per heavy atom. The van der Waals surface area contributed by atoms with Gasteiger partial charge in [-0.15, -0.1) is 0 Å².